The Morgan fingerprint density at radius 1 is 0.492 bits per heavy atom. The minimum absolute atomic E-state index is 0.0501. The highest BCUT2D eigenvalue weighted by atomic mass is 16.6. The minimum atomic E-state index is -0.880. The number of esters is 2. The van der Waals surface area contributed by atoms with Crippen LogP contribution >= 0.6 is 0 Å². The van der Waals surface area contributed by atoms with Gasteiger partial charge in [0.1, 0.15) is 6.61 Å². The third-order valence-corrected chi connectivity index (χ3v) is 11.0. The molecule has 0 rings (SSSR count). The van der Waals surface area contributed by atoms with Gasteiger partial charge in [-0.1, -0.05) is 184 Å². The number of ether oxygens (including phenoxy) is 3. The maximum atomic E-state index is 12.8. The van der Waals surface area contributed by atoms with Crippen LogP contribution in [0.2, 0.25) is 0 Å². The van der Waals surface area contributed by atoms with Crippen molar-refractivity contribution in [3.05, 3.63) is 60.8 Å². The predicted octanol–water partition coefficient (Wildman–Crippen LogP) is 14.1. The fourth-order valence-electron chi connectivity index (χ4n) is 7.08. The van der Waals surface area contributed by atoms with Crippen molar-refractivity contribution < 1.29 is 38.2 Å². The Morgan fingerprint density at radius 3 is 1.31 bits per heavy atom. The summed E-state index contributed by atoms with van der Waals surface area (Å²) in [6, 6.07) is -0.621. The number of quaternary nitrogens is 1. The SMILES string of the molecule is CCCCC/C=C/C=C/CCCCCCCCCCCCC(=O)OCC(COCCC(C(=O)O)[N+](C)(C)C)OC(=O)CCCCCCC/C=C/C=C/C=C/CCCCCCC. The summed E-state index contributed by atoms with van der Waals surface area (Å²) in [4.78, 5) is 37.1. The van der Waals surface area contributed by atoms with Gasteiger partial charge in [0.2, 0.25) is 0 Å². The summed E-state index contributed by atoms with van der Waals surface area (Å²) in [5.41, 5.74) is 0. The smallest absolute Gasteiger partial charge is 0.362 e. The molecule has 0 radical (unpaired) electrons. The van der Waals surface area contributed by atoms with Gasteiger partial charge in [-0.25, -0.2) is 4.79 Å². The van der Waals surface area contributed by atoms with Crippen LogP contribution in [0.5, 0.6) is 0 Å². The maximum absolute atomic E-state index is 12.8. The number of aliphatic carboxylic acids is 1. The zero-order valence-electron chi connectivity index (χ0n) is 40.1. The van der Waals surface area contributed by atoms with E-state index >= 15 is 0 Å². The molecular weight excluding hydrogens is 763 g/mol. The van der Waals surface area contributed by atoms with Gasteiger partial charge in [-0.3, -0.25) is 9.59 Å². The van der Waals surface area contributed by atoms with Crippen molar-refractivity contribution in [3.63, 3.8) is 0 Å². The van der Waals surface area contributed by atoms with E-state index in [1.165, 1.54) is 109 Å². The number of unbranched alkanes of at least 4 members (excludes halogenated alkanes) is 23. The lowest BCUT2D eigenvalue weighted by molar-refractivity contribution is -0.887. The molecule has 0 bridgehead atoms. The standard InChI is InChI=1S/C53H93NO7/c1-6-8-10-12-14-16-18-20-22-24-26-28-29-31-33-35-37-39-41-43-51(55)60-48-49(47-59-46-45-50(53(57)58)54(3,4)5)61-52(56)44-42-40-38-36-34-32-30-27-25-23-21-19-17-15-13-11-9-7-2/h14,16,18-21,23,25,27,30,49-50H,6-13,15,17,22,24,26,28-29,31-48H2,1-5H3/p+1/b16-14+,20-18+,21-19+,25-23+,30-27+. The molecule has 8 heteroatoms. The first-order valence-corrected chi connectivity index (χ1v) is 24.9. The molecule has 352 valence electrons. The topological polar surface area (TPSA) is 99.1 Å². The quantitative estimate of drug-likeness (QED) is 0.0282. The van der Waals surface area contributed by atoms with E-state index in [9.17, 15) is 19.5 Å². The van der Waals surface area contributed by atoms with E-state index in [2.05, 4.69) is 74.6 Å². The molecule has 0 spiro atoms. The number of carbonyl (C=O) groups excluding carboxylic acids is 2. The van der Waals surface area contributed by atoms with Gasteiger partial charge in [-0.2, -0.15) is 0 Å². The van der Waals surface area contributed by atoms with Crippen LogP contribution in [0.3, 0.4) is 0 Å². The van der Waals surface area contributed by atoms with E-state index in [1.54, 1.807) is 0 Å². The Bertz CT molecular complexity index is 1180. The van der Waals surface area contributed by atoms with Crippen LogP contribution in [0.1, 0.15) is 206 Å². The molecule has 0 aromatic carbocycles. The van der Waals surface area contributed by atoms with Gasteiger partial charge in [0.15, 0.2) is 12.1 Å². The van der Waals surface area contributed by atoms with Gasteiger partial charge in [0, 0.05) is 19.3 Å². The zero-order valence-corrected chi connectivity index (χ0v) is 40.1. The van der Waals surface area contributed by atoms with Gasteiger partial charge < -0.3 is 23.8 Å². The van der Waals surface area contributed by atoms with E-state index in [0.717, 1.165) is 64.2 Å². The Morgan fingerprint density at radius 2 is 0.869 bits per heavy atom. The second-order valence-corrected chi connectivity index (χ2v) is 17.8. The number of nitrogens with zero attached hydrogens (tertiary/aromatic N) is 1. The number of hydrogen-bond acceptors (Lipinski definition) is 6. The van der Waals surface area contributed by atoms with Gasteiger partial charge >= 0.3 is 17.9 Å². The van der Waals surface area contributed by atoms with Crippen LogP contribution in [0.25, 0.3) is 0 Å². The maximum Gasteiger partial charge on any atom is 0.362 e. The molecule has 0 fully saturated rings. The van der Waals surface area contributed by atoms with Gasteiger partial charge in [-0.15, -0.1) is 0 Å². The summed E-state index contributed by atoms with van der Waals surface area (Å²) in [5, 5.41) is 9.64. The summed E-state index contributed by atoms with van der Waals surface area (Å²) in [7, 11) is 5.52. The molecule has 2 atom stereocenters. The number of rotatable bonds is 44. The number of carbonyl (C=O) groups is 3. The fourth-order valence-corrected chi connectivity index (χ4v) is 7.08. The van der Waals surface area contributed by atoms with Crippen molar-refractivity contribution in [2.45, 2.75) is 219 Å². The third-order valence-electron chi connectivity index (χ3n) is 11.0. The molecule has 0 aromatic heterocycles. The molecule has 0 aromatic rings. The van der Waals surface area contributed by atoms with Crippen molar-refractivity contribution in [1.82, 2.24) is 0 Å². The van der Waals surface area contributed by atoms with Gasteiger partial charge in [0.25, 0.3) is 0 Å². The Kier molecular flexibility index (Phi) is 41.5. The predicted molar refractivity (Wildman–Crippen MR) is 257 cm³/mol. The average Bonchev–Trinajstić information content (AvgIpc) is 3.22. The summed E-state index contributed by atoms with van der Waals surface area (Å²) in [5.74, 6) is -1.50. The summed E-state index contributed by atoms with van der Waals surface area (Å²) >= 11 is 0. The van der Waals surface area contributed by atoms with Crippen molar-refractivity contribution in [1.29, 1.82) is 0 Å². The molecule has 0 saturated heterocycles. The average molecular weight is 857 g/mol. The Balaban J connectivity index is 4.32. The normalized spacial score (nSPS) is 13.4. The third kappa shape index (κ3) is 42.1. The van der Waals surface area contributed by atoms with Crippen LogP contribution in [0.4, 0.5) is 0 Å². The van der Waals surface area contributed by atoms with Gasteiger partial charge in [-0.05, 0) is 64.2 Å². The first-order chi connectivity index (χ1) is 29.6. The van der Waals surface area contributed by atoms with Crippen LogP contribution < -0.4 is 0 Å². The van der Waals surface area contributed by atoms with Gasteiger partial charge in [0.05, 0.1) is 34.4 Å². The van der Waals surface area contributed by atoms with E-state index < -0.39 is 18.1 Å². The first-order valence-electron chi connectivity index (χ1n) is 24.9. The van der Waals surface area contributed by atoms with Crippen LogP contribution in [-0.4, -0.2) is 80.6 Å². The van der Waals surface area contributed by atoms with Crippen LogP contribution in [0.15, 0.2) is 60.8 Å². The van der Waals surface area contributed by atoms with Crippen molar-refractivity contribution >= 4 is 17.9 Å². The molecule has 0 amide bonds. The Labute approximate surface area is 375 Å². The molecule has 0 aliphatic carbocycles. The fraction of sp³-hybridized carbons (Fsp3) is 0.755. The zero-order chi connectivity index (χ0) is 44.9. The lowest BCUT2D eigenvalue weighted by Crippen LogP contribution is -2.50. The van der Waals surface area contributed by atoms with E-state index in [4.69, 9.17) is 14.2 Å². The summed E-state index contributed by atoms with van der Waals surface area (Å²) < 4.78 is 17.3. The number of hydrogen-bond donors (Lipinski definition) is 1. The second kappa shape index (κ2) is 43.7. The molecule has 8 nitrogen and oxygen atoms in total. The second-order valence-electron chi connectivity index (χ2n) is 17.8. The number of allylic oxidation sites excluding steroid dienone is 10. The molecule has 0 heterocycles. The monoisotopic (exact) mass is 857 g/mol. The van der Waals surface area contributed by atoms with Crippen LogP contribution in [0, 0.1) is 0 Å². The van der Waals surface area contributed by atoms with Crippen molar-refractivity contribution in [2.24, 2.45) is 0 Å². The largest absolute Gasteiger partial charge is 0.477 e. The first kappa shape index (κ1) is 58.0. The minimum Gasteiger partial charge on any atom is -0.477 e. The Hall–Kier alpha value is -2.97. The molecular formula is C53H94NO7+. The number of carboxylic acid groups (broad SMARTS) is 1. The summed E-state index contributed by atoms with van der Waals surface area (Å²) in [6.45, 7) is 4.68. The molecule has 2 unspecified atom stereocenters. The van der Waals surface area contributed by atoms with E-state index in [0.29, 0.717) is 19.3 Å². The molecule has 0 saturated carbocycles. The number of likely N-dealkylation sites (N-methyl/N-ethyl adjacent to an activating group) is 1. The molecule has 61 heavy (non-hydrogen) atoms. The summed E-state index contributed by atoms with van der Waals surface area (Å²) in [6.07, 6.45) is 54.0. The van der Waals surface area contributed by atoms with Crippen LogP contribution in [-0.2, 0) is 28.6 Å². The number of carboxylic acids is 1. The van der Waals surface area contributed by atoms with Crippen molar-refractivity contribution in [2.75, 3.05) is 41.0 Å². The highest BCUT2D eigenvalue weighted by Crippen LogP contribution is 2.14. The molecule has 1 N–H and O–H groups in total. The lowest BCUT2D eigenvalue weighted by atomic mass is 10.1. The molecule has 0 aliphatic rings. The van der Waals surface area contributed by atoms with E-state index in [-0.39, 0.29) is 36.2 Å². The highest BCUT2D eigenvalue weighted by Gasteiger charge is 2.31. The lowest BCUT2D eigenvalue weighted by Gasteiger charge is -2.31. The van der Waals surface area contributed by atoms with E-state index in [1.807, 2.05) is 21.1 Å². The van der Waals surface area contributed by atoms with Crippen molar-refractivity contribution in [3.8, 4) is 0 Å². The molecule has 0 aliphatic heterocycles. The highest BCUT2D eigenvalue weighted by molar-refractivity contribution is 5.72.